The molecule has 0 bridgehead atoms. The first-order valence-corrected chi connectivity index (χ1v) is 8.68. The van der Waals surface area contributed by atoms with E-state index in [1.165, 1.54) is 14.2 Å². The number of carbonyl (C=O) groups excluding carboxylic acids is 1. The van der Waals surface area contributed by atoms with Gasteiger partial charge in [0.15, 0.2) is 5.76 Å². The summed E-state index contributed by atoms with van der Waals surface area (Å²) in [6.45, 7) is -0.0281. The Morgan fingerprint density at radius 2 is 2.00 bits per heavy atom. The van der Waals surface area contributed by atoms with Crippen molar-refractivity contribution in [2.75, 3.05) is 14.2 Å². The average Bonchev–Trinajstić information content (AvgIpc) is 2.68. The molecule has 0 saturated heterocycles. The van der Waals surface area contributed by atoms with Gasteiger partial charge in [-0.25, -0.2) is 0 Å². The van der Waals surface area contributed by atoms with Crippen LogP contribution in [-0.2, 0) is 16.1 Å². The molecule has 3 aromatic rings. The molecule has 2 heterocycles. The van der Waals surface area contributed by atoms with Crippen LogP contribution in [-0.4, -0.2) is 30.2 Å². The largest absolute Gasteiger partial charge is 0.502 e. The van der Waals surface area contributed by atoms with Gasteiger partial charge in [-0.3, -0.25) is 14.4 Å². The van der Waals surface area contributed by atoms with E-state index in [1.54, 1.807) is 24.3 Å². The molecule has 0 aliphatic rings. The second-order valence-electron chi connectivity index (χ2n) is 6.45. The molecule has 0 unspecified atom stereocenters. The number of nitrogens with two attached hydrogens (primary N) is 1. The van der Waals surface area contributed by atoms with Gasteiger partial charge in [0.1, 0.15) is 18.1 Å². The number of aromatic amines is 1. The van der Waals surface area contributed by atoms with Gasteiger partial charge >= 0.3 is 0 Å². The Hall–Kier alpha value is -3.59. The Labute approximate surface area is 164 Å². The third kappa shape index (κ3) is 4.14. The number of pyridine rings is 1. The quantitative estimate of drug-likeness (QED) is 0.543. The van der Waals surface area contributed by atoms with E-state index in [9.17, 15) is 19.5 Å². The highest BCUT2D eigenvalue weighted by Crippen LogP contribution is 2.32. The molecule has 0 spiro atoms. The van der Waals surface area contributed by atoms with Crippen molar-refractivity contribution in [3.8, 4) is 11.5 Å². The van der Waals surface area contributed by atoms with Crippen molar-refractivity contribution < 1.29 is 23.8 Å². The molecular weight excluding hydrogens is 380 g/mol. The number of benzene rings is 1. The summed E-state index contributed by atoms with van der Waals surface area (Å²) in [5, 5.41) is 10.9. The SMILES string of the molecule is COCc1cc(=O)c(O)c([C@H](CC(N)=O)c2cc3ccc(OC)cc3[nH]c2=O)o1. The fraction of sp³-hybridized carbons (Fsp3) is 0.250. The Morgan fingerprint density at radius 1 is 1.24 bits per heavy atom. The Balaban J connectivity index is 2.23. The number of primary amides is 1. The zero-order valence-electron chi connectivity index (χ0n) is 15.9. The number of rotatable bonds is 7. The number of H-pyrrole nitrogens is 1. The van der Waals surface area contributed by atoms with E-state index in [2.05, 4.69) is 4.98 Å². The lowest BCUT2D eigenvalue weighted by molar-refractivity contribution is -0.118. The lowest BCUT2D eigenvalue weighted by Crippen LogP contribution is -2.23. The van der Waals surface area contributed by atoms with Crippen molar-refractivity contribution >= 4 is 16.8 Å². The lowest BCUT2D eigenvalue weighted by Gasteiger charge is -2.17. The van der Waals surface area contributed by atoms with Gasteiger partial charge in [0, 0.05) is 31.2 Å². The molecule has 1 amide bonds. The van der Waals surface area contributed by atoms with Gasteiger partial charge < -0.3 is 29.7 Å². The van der Waals surface area contributed by atoms with Gasteiger partial charge in [0.2, 0.25) is 17.1 Å². The normalized spacial score (nSPS) is 12.1. The highest BCUT2D eigenvalue weighted by atomic mass is 16.5. The van der Waals surface area contributed by atoms with Crippen LogP contribution in [0.3, 0.4) is 0 Å². The molecule has 9 nitrogen and oxygen atoms in total. The predicted octanol–water partition coefficient (Wildman–Crippen LogP) is 1.35. The number of methoxy groups -OCH3 is 2. The summed E-state index contributed by atoms with van der Waals surface area (Å²) >= 11 is 0. The molecule has 0 radical (unpaired) electrons. The van der Waals surface area contributed by atoms with Crippen molar-refractivity contribution in [2.24, 2.45) is 5.73 Å². The third-order valence-electron chi connectivity index (χ3n) is 4.47. The number of carbonyl (C=O) groups is 1. The summed E-state index contributed by atoms with van der Waals surface area (Å²) in [7, 11) is 2.92. The zero-order valence-corrected chi connectivity index (χ0v) is 15.9. The fourth-order valence-corrected chi connectivity index (χ4v) is 3.13. The van der Waals surface area contributed by atoms with E-state index < -0.39 is 28.6 Å². The first-order chi connectivity index (χ1) is 13.8. The second-order valence-corrected chi connectivity index (χ2v) is 6.45. The Bertz CT molecular complexity index is 1180. The maximum atomic E-state index is 12.8. The van der Waals surface area contributed by atoms with Crippen molar-refractivity contribution in [3.05, 3.63) is 68.0 Å². The monoisotopic (exact) mass is 400 g/mol. The second kappa shape index (κ2) is 8.19. The van der Waals surface area contributed by atoms with Gasteiger partial charge in [0.05, 0.1) is 18.5 Å². The first-order valence-electron chi connectivity index (χ1n) is 8.68. The first kappa shape index (κ1) is 20.2. The van der Waals surface area contributed by atoms with E-state index in [0.717, 1.165) is 6.07 Å². The minimum atomic E-state index is -1.06. The van der Waals surface area contributed by atoms with E-state index >= 15 is 0 Å². The van der Waals surface area contributed by atoms with Crippen LogP contribution in [0.25, 0.3) is 10.9 Å². The fourth-order valence-electron chi connectivity index (χ4n) is 3.13. The zero-order chi connectivity index (χ0) is 21.1. The van der Waals surface area contributed by atoms with E-state index in [0.29, 0.717) is 16.7 Å². The predicted molar refractivity (Wildman–Crippen MR) is 104 cm³/mol. The molecule has 9 heteroatoms. The van der Waals surface area contributed by atoms with Gasteiger partial charge in [-0.1, -0.05) is 0 Å². The van der Waals surface area contributed by atoms with Crippen molar-refractivity contribution in [1.82, 2.24) is 4.98 Å². The number of fused-ring (bicyclic) bond motifs is 1. The van der Waals surface area contributed by atoms with Crippen molar-refractivity contribution in [1.29, 1.82) is 0 Å². The molecule has 0 saturated carbocycles. The van der Waals surface area contributed by atoms with Crippen LogP contribution < -0.4 is 21.5 Å². The van der Waals surface area contributed by atoms with Gasteiger partial charge in [-0.15, -0.1) is 0 Å². The van der Waals surface area contributed by atoms with Crippen molar-refractivity contribution in [3.63, 3.8) is 0 Å². The van der Waals surface area contributed by atoms with E-state index in [4.69, 9.17) is 19.6 Å². The molecule has 4 N–H and O–H groups in total. The molecule has 3 rings (SSSR count). The molecule has 1 aromatic carbocycles. The summed E-state index contributed by atoms with van der Waals surface area (Å²) < 4.78 is 15.7. The van der Waals surface area contributed by atoms with Crippen LogP contribution >= 0.6 is 0 Å². The Morgan fingerprint density at radius 3 is 2.66 bits per heavy atom. The summed E-state index contributed by atoms with van der Waals surface area (Å²) in [6, 6.07) is 7.74. The topological polar surface area (TPSA) is 145 Å². The number of ether oxygens (including phenoxy) is 2. The molecule has 1 atom stereocenters. The minimum absolute atomic E-state index is 0.0281. The summed E-state index contributed by atoms with van der Waals surface area (Å²) in [6.07, 6.45) is -0.350. The highest BCUT2D eigenvalue weighted by Gasteiger charge is 2.28. The maximum absolute atomic E-state index is 12.8. The molecule has 0 aliphatic carbocycles. The number of amides is 1. The standard InChI is InChI=1S/C20H20N2O7/c1-27-9-12-7-16(23)18(25)19(29-12)13(8-17(21)24)14-5-10-3-4-11(28-2)6-15(10)22-20(14)26/h3-7,13,25H,8-9H2,1-2H3,(H2,21,24)(H,22,26)/t13-/m1/s1. The molecule has 2 aromatic heterocycles. The summed E-state index contributed by atoms with van der Waals surface area (Å²) in [5.74, 6) is -2.00. The minimum Gasteiger partial charge on any atom is -0.502 e. The Kier molecular flexibility index (Phi) is 5.69. The van der Waals surface area contributed by atoms with E-state index in [-0.39, 0.29) is 30.1 Å². The molecule has 0 fully saturated rings. The lowest BCUT2D eigenvalue weighted by atomic mass is 9.92. The summed E-state index contributed by atoms with van der Waals surface area (Å²) in [4.78, 5) is 39.3. The van der Waals surface area contributed by atoms with Crippen LogP contribution in [0.1, 0.15) is 29.4 Å². The molecular formula is C20H20N2O7. The number of aromatic hydroxyl groups is 1. The molecule has 29 heavy (non-hydrogen) atoms. The van der Waals surface area contributed by atoms with Gasteiger partial charge in [0.25, 0.3) is 5.56 Å². The number of aromatic nitrogens is 1. The number of nitrogens with one attached hydrogen (secondary N) is 1. The number of hydrogen-bond donors (Lipinski definition) is 3. The average molecular weight is 400 g/mol. The van der Waals surface area contributed by atoms with Crippen LogP contribution in [0.4, 0.5) is 0 Å². The molecule has 0 aliphatic heterocycles. The molecule has 152 valence electrons. The van der Waals surface area contributed by atoms with Crippen LogP contribution in [0.2, 0.25) is 0 Å². The maximum Gasteiger partial charge on any atom is 0.252 e. The number of hydrogen-bond acceptors (Lipinski definition) is 7. The summed E-state index contributed by atoms with van der Waals surface area (Å²) in [5.41, 5.74) is 4.77. The van der Waals surface area contributed by atoms with Crippen LogP contribution in [0.5, 0.6) is 11.5 Å². The van der Waals surface area contributed by atoms with E-state index in [1.807, 2.05) is 0 Å². The highest BCUT2D eigenvalue weighted by molar-refractivity contribution is 5.81. The van der Waals surface area contributed by atoms with Gasteiger partial charge in [-0.05, 0) is 23.6 Å². The smallest absolute Gasteiger partial charge is 0.252 e. The third-order valence-corrected chi connectivity index (χ3v) is 4.47. The van der Waals surface area contributed by atoms with Crippen LogP contribution in [0.15, 0.2) is 44.3 Å². The van der Waals surface area contributed by atoms with Crippen LogP contribution in [0, 0.1) is 0 Å². The van der Waals surface area contributed by atoms with Crippen molar-refractivity contribution in [2.45, 2.75) is 18.9 Å². The van der Waals surface area contributed by atoms with Gasteiger partial charge in [-0.2, -0.15) is 0 Å².